The minimum Gasteiger partial charge on any atom is -0.491 e. The molecule has 19 heavy (non-hydrogen) atoms. The molecule has 0 radical (unpaired) electrons. The molecule has 2 rings (SSSR count). The maximum Gasteiger partial charge on any atom is 0.261 e. The van der Waals surface area contributed by atoms with Crippen LogP contribution in [-0.2, 0) is 11.3 Å². The lowest BCUT2D eigenvalue weighted by Gasteiger charge is -2.09. The van der Waals surface area contributed by atoms with Gasteiger partial charge in [0.2, 0.25) is 0 Å². The van der Waals surface area contributed by atoms with Gasteiger partial charge in [-0.05, 0) is 30.5 Å². The predicted molar refractivity (Wildman–Crippen MR) is 68.6 cm³/mol. The van der Waals surface area contributed by atoms with Gasteiger partial charge in [-0.1, -0.05) is 12.1 Å². The van der Waals surface area contributed by atoms with E-state index in [4.69, 9.17) is 9.47 Å². The maximum atomic E-state index is 11.8. The van der Waals surface area contributed by atoms with Gasteiger partial charge in [-0.15, -0.1) is 0 Å². The molecule has 0 amide bonds. The molecule has 0 spiro atoms. The molecule has 0 bridgehead atoms. The molecule has 1 fully saturated rings. The van der Waals surface area contributed by atoms with E-state index in [0.717, 1.165) is 17.9 Å². The molecule has 1 aliphatic rings. The first-order valence-electron chi connectivity index (χ1n) is 6.55. The molecule has 3 nitrogen and oxygen atoms in total. The van der Waals surface area contributed by atoms with Crippen molar-refractivity contribution < 1.29 is 18.3 Å². The van der Waals surface area contributed by atoms with Crippen molar-refractivity contribution in [1.29, 1.82) is 0 Å². The molecule has 1 aromatic rings. The van der Waals surface area contributed by atoms with Gasteiger partial charge in [0.05, 0.1) is 6.61 Å². The number of rotatable bonds is 9. The first-order chi connectivity index (χ1) is 9.24. The van der Waals surface area contributed by atoms with Crippen LogP contribution in [0.2, 0.25) is 0 Å². The third-order valence-corrected chi connectivity index (χ3v) is 2.81. The second kappa shape index (κ2) is 7.40. The minimum atomic E-state index is -2.42. The van der Waals surface area contributed by atoms with Crippen LogP contribution >= 0.6 is 0 Å². The van der Waals surface area contributed by atoms with Gasteiger partial charge in [0.25, 0.3) is 6.43 Å². The van der Waals surface area contributed by atoms with Crippen LogP contribution in [0.25, 0.3) is 0 Å². The largest absolute Gasteiger partial charge is 0.491 e. The van der Waals surface area contributed by atoms with E-state index in [1.807, 2.05) is 24.3 Å². The highest BCUT2D eigenvalue weighted by atomic mass is 19.3. The number of hydrogen-bond acceptors (Lipinski definition) is 3. The van der Waals surface area contributed by atoms with Crippen molar-refractivity contribution >= 4 is 0 Å². The first kappa shape index (κ1) is 14.2. The molecule has 1 aromatic carbocycles. The molecule has 106 valence electrons. The van der Waals surface area contributed by atoms with Gasteiger partial charge in [0.15, 0.2) is 0 Å². The number of alkyl halides is 2. The van der Waals surface area contributed by atoms with E-state index < -0.39 is 13.0 Å². The zero-order valence-corrected chi connectivity index (χ0v) is 10.8. The Bertz CT molecular complexity index is 383. The van der Waals surface area contributed by atoms with Gasteiger partial charge < -0.3 is 14.8 Å². The van der Waals surface area contributed by atoms with Gasteiger partial charge >= 0.3 is 0 Å². The number of hydrogen-bond donors (Lipinski definition) is 1. The van der Waals surface area contributed by atoms with Crippen LogP contribution in [0, 0.1) is 0 Å². The smallest absolute Gasteiger partial charge is 0.261 e. The summed E-state index contributed by atoms with van der Waals surface area (Å²) in [4.78, 5) is 0. The van der Waals surface area contributed by atoms with Crippen LogP contribution < -0.4 is 10.1 Å². The lowest BCUT2D eigenvalue weighted by Crippen LogP contribution is -2.15. The van der Waals surface area contributed by atoms with E-state index in [0.29, 0.717) is 6.04 Å². The fourth-order valence-electron chi connectivity index (χ4n) is 1.69. The molecule has 0 aromatic heterocycles. The lowest BCUT2D eigenvalue weighted by atomic mass is 10.2. The predicted octanol–water partition coefficient (Wildman–Crippen LogP) is 2.60. The normalized spacial score (nSPS) is 14.9. The Morgan fingerprint density at radius 1 is 1.26 bits per heavy atom. The molecule has 0 atom stereocenters. The summed E-state index contributed by atoms with van der Waals surface area (Å²) >= 11 is 0. The molecule has 1 aliphatic carbocycles. The molecule has 0 heterocycles. The van der Waals surface area contributed by atoms with E-state index in [-0.39, 0.29) is 13.2 Å². The fourth-order valence-corrected chi connectivity index (χ4v) is 1.69. The first-order valence-corrected chi connectivity index (χ1v) is 6.55. The second-order valence-electron chi connectivity index (χ2n) is 4.62. The Morgan fingerprint density at radius 2 is 2.11 bits per heavy atom. The fraction of sp³-hybridized carbons (Fsp3) is 0.571. The molecule has 0 aliphatic heterocycles. The quantitative estimate of drug-likeness (QED) is 0.700. The van der Waals surface area contributed by atoms with Gasteiger partial charge in [-0.2, -0.15) is 0 Å². The minimum absolute atomic E-state index is 0.175. The van der Waals surface area contributed by atoms with Crippen LogP contribution in [0.3, 0.4) is 0 Å². The zero-order valence-electron chi connectivity index (χ0n) is 10.8. The van der Waals surface area contributed by atoms with Crippen molar-refractivity contribution in [3.8, 4) is 5.75 Å². The van der Waals surface area contributed by atoms with E-state index in [2.05, 4.69) is 5.32 Å². The Morgan fingerprint density at radius 3 is 2.84 bits per heavy atom. The number of ether oxygens (including phenoxy) is 2. The van der Waals surface area contributed by atoms with Gasteiger partial charge in [-0.3, -0.25) is 0 Å². The van der Waals surface area contributed by atoms with E-state index >= 15 is 0 Å². The van der Waals surface area contributed by atoms with E-state index in [1.54, 1.807) is 0 Å². The Hall–Kier alpha value is -1.20. The highest BCUT2D eigenvalue weighted by molar-refractivity contribution is 5.28. The molecule has 0 unspecified atom stereocenters. The van der Waals surface area contributed by atoms with E-state index in [1.165, 1.54) is 12.8 Å². The maximum absolute atomic E-state index is 11.8. The SMILES string of the molecule is FC(F)COCCOc1cccc(CNC2CC2)c1. The molecule has 0 saturated heterocycles. The second-order valence-corrected chi connectivity index (χ2v) is 4.62. The van der Waals surface area contributed by atoms with Crippen molar-refractivity contribution in [3.05, 3.63) is 29.8 Å². The summed E-state index contributed by atoms with van der Waals surface area (Å²) < 4.78 is 33.8. The van der Waals surface area contributed by atoms with Crippen molar-refractivity contribution in [3.63, 3.8) is 0 Å². The molecular formula is C14H19F2NO2. The summed E-state index contributed by atoms with van der Waals surface area (Å²) in [5.74, 6) is 0.746. The van der Waals surface area contributed by atoms with Gasteiger partial charge in [0, 0.05) is 12.6 Å². The zero-order chi connectivity index (χ0) is 13.5. The van der Waals surface area contributed by atoms with Gasteiger partial charge in [-0.25, -0.2) is 8.78 Å². The van der Waals surface area contributed by atoms with Crippen molar-refractivity contribution in [2.45, 2.75) is 31.9 Å². The summed E-state index contributed by atoms with van der Waals surface area (Å²) in [7, 11) is 0. The molecule has 5 heteroatoms. The molecular weight excluding hydrogens is 252 g/mol. The molecule has 1 saturated carbocycles. The van der Waals surface area contributed by atoms with Crippen LogP contribution in [0.4, 0.5) is 8.78 Å². The number of halogens is 2. The third-order valence-electron chi connectivity index (χ3n) is 2.81. The van der Waals surface area contributed by atoms with Crippen molar-refractivity contribution in [2.75, 3.05) is 19.8 Å². The van der Waals surface area contributed by atoms with E-state index in [9.17, 15) is 8.78 Å². The highest BCUT2D eigenvalue weighted by Crippen LogP contribution is 2.20. The third kappa shape index (κ3) is 5.98. The monoisotopic (exact) mass is 271 g/mol. The summed E-state index contributed by atoms with van der Waals surface area (Å²) in [6.07, 6.45) is 0.104. The standard InChI is InChI=1S/C14H19F2NO2/c15-14(16)10-18-6-7-19-13-3-1-2-11(8-13)9-17-12-4-5-12/h1-3,8,12,14,17H,4-7,9-10H2. The average molecular weight is 271 g/mol. The lowest BCUT2D eigenvalue weighted by molar-refractivity contribution is 0.00763. The average Bonchev–Trinajstić information content (AvgIpc) is 3.20. The number of benzene rings is 1. The van der Waals surface area contributed by atoms with Crippen LogP contribution in [-0.4, -0.2) is 32.3 Å². The topological polar surface area (TPSA) is 30.5 Å². The summed E-state index contributed by atoms with van der Waals surface area (Å²) in [6, 6.07) is 8.46. The summed E-state index contributed by atoms with van der Waals surface area (Å²) in [6.45, 7) is 0.763. The summed E-state index contributed by atoms with van der Waals surface area (Å²) in [5.41, 5.74) is 1.16. The van der Waals surface area contributed by atoms with Crippen molar-refractivity contribution in [2.24, 2.45) is 0 Å². The number of nitrogens with one attached hydrogen (secondary N) is 1. The molecule has 1 N–H and O–H groups in total. The van der Waals surface area contributed by atoms with Crippen LogP contribution in [0.5, 0.6) is 5.75 Å². The van der Waals surface area contributed by atoms with Crippen LogP contribution in [0.1, 0.15) is 18.4 Å². The van der Waals surface area contributed by atoms with Crippen molar-refractivity contribution in [1.82, 2.24) is 5.32 Å². The highest BCUT2D eigenvalue weighted by Gasteiger charge is 2.19. The summed E-state index contributed by atoms with van der Waals surface area (Å²) in [5, 5.41) is 3.43. The Labute approximate surface area is 111 Å². The Balaban J connectivity index is 1.65. The van der Waals surface area contributed by atoms with Gasteiger partial charge in [0.1, 0.15) is 19.0 Å². The Kier molecular flexibility index (Phi) is 5.54. The van der Waals surface area contributed by atoms with Crippen LogP contribution in [0.15, 0.2) is 24.3 Å².